The Morgan fingerprint density at radius 3 is 2.91 bits per heavy atom. The van der Waals surface area contributed by atoms with Gasteiger partial charge in [-0.15, -0.1) is 0 Å². The van der Waals surface area contributed by atoms with Gasteiger partial charge in [-0.25, -0.2) is 9.78 Å². The van der Waals surface area contributed by atoms with Crippen LogP contribution in [0.5, 0.6) is 5.75 Å². The zero-order valence-electron chi connectivity index (χ0n) is 20.0. The number of Topliss-reactive ketones (excluding diaryl/α,β-unsaturated/α-hetero) is 1. The van der Waals surface area contributed by atoms with E-state index in [1.54, 1.807) is 6.92 Å². The number of carbonyl (C=O) groups excluding carboxylic acids is 2. The summed E-state index contributed by atoms with van der Waals surface area (Å²) in [6.07, 6.45) is 6.11. The Hall–Kier alpha value is -3.09. The average Bonchev–Trinajstić information content (AvgIpc) is 3.32. The first-order valence-corrected chi connectivity index (χ1v) is 12.6. The SMILES string of the molecule is CC(=O)C[C@@H](c1ccc2c(c1)OCC2)N1CCCN(CCCc2ccc3c(n2)NCCC3)C1=O. The lowest BCUT2D eigenvalue weighted by Crippen LogP contribution is -2.51. The maximum absolute atomic E-state index is 13.5. The number of nitrogens with one attached hydrogen (secondary N) is 1. The second kappa shape index (κ2) is 10.0. The van der Waals surface area contributed by atoms with Crippen LogP contribution >= 0.6 is 0 Å². The summed E-state index contributed by atoms with van der Waals surface area (Å²) >= 11 is 0. The van der Waals surface area contributed by atoms with Crippen molar-refractivity contribution in [3.63, 3.8) is 0 Å². The number of anilines is 1. The zero-order valence-corrected chi connectivity index (χ0v) is 20.0. The Kier molecular flexibility index (Phi) is 6.70. The summed E-state index contributed by atoms with van der Waals surface area (Å²) in [5, 5.41) is 3.40. The Morgan fingerprint density at radius 1 is 1.15 bits per heavy atom. The van der Waals surface area contributed by atoms with Crippen molar-refractivity contribution in [2.24, 2.45) is 0 Å². The van der Waals surface area contributed by atoms with Crippen LogP contribution in [0, 0.1) is 0 Å². The molecular weight excluding hydrogens is 428 g/mol. The van der Waals surface area contributed by atoms with E-state index in [1.165, 1.54) is 11.1 Å². The van der Waals surface area contributed by atoms with E-state index in [0.29, 0.717) is 26.1 Å². The molecule has 34 heavy (non-hydrogen) atoms. The predicted octanol–water partition coefficient (Wildman–Crippen LogP) is 4.16. The topological polar surface area (TPSA) is 74.8 Å². The fourth-order valence-electron chi connectivity index (χ4n) is 5.33. The van der Waals surface area contributed by atoms with E-state index in [1.807, 2.05) is 15.9 Å². The molecule has 1 aromatic carbocycles. The number of fused-ring (bicyclic) bond motifs is 2. The van der Waals surface area contributed by atoms with Crippen LogP contribution in [-0.2, 0) is 24.1 Å². The first-order valence-electron chi connectivity index (χ1n) is 12.6. The van der Waals surface area contributed by atoms with Gasteiger partial charge in [0.25, 0.3) is 0 Å². The number of hydrogen-bond donors (Lipinski definition) is 1. The molecule has 3 aliphatic heterocycles. The second-order valence-electron chi connectivity index (χ2n) is 9.65. The third-order valence-corrected chi connectivity index (χ3v) is 7.12. The van der Waals surface area contributed by atoms with Crippen LogP contribution in [0.25, 0.3) is 0 Å². The molecule has 1 saturated heterocycles. The molecule has 2 amide bonds. The van der Waals surface area contributed by atoms with Crippen LogP contribution in [0.4, 0.5) is 10.6 Å². The molecule has 0 unspecified atom stereocenters. The van der Waals surface area contributed by atoms with E-state index in [9.17, 15) is 9.59 Å². The number of aromatic nitrogens is 1. The van der Waals surface area contributed by atoms with Crippen molar-refractivity contribution in [2.75, 3.05) is 38.1 Å². The van der Waals surface area contributed by atoms with Gasteiger partial charge in [-0.05, 0) is 67.9 Å². The largest absolute Gasteiger partial charge is 0.493 e. The molecule has 0 spiro atoms. The summed E-state index contributed by atoms with van der Waals surface area (Å²) in [6, 6.07) is 10.2. The van der Waals surface area contributed by atoms with Crippen molar-refractivity contribution >= 4 is 17.6 Å². The first-order chi connectivity index (χ1) is 16.6. The molecule has 180 valence electrons. The minimum atomic E-state index is -0.254. The fourth-order valence-corrected chi connectivity index (χ4v) is 5.33. The van der Waals surface area contributed by atoms with Gasteiger partial charge < -0.3 is 19.9 Å². The molecule has 0 bridgehead atoms. The molecule has 5 rings (SSSR count). The van der Waals surface area contributed by atoms with Crippen LogP contribution < -0.4 is 10.1 Å². The standard InChI is InChI=1S/C27H34N4O3/c1-19(32)17-24(22-8-7-20-11-16-34-25(20)18-22)31-15-4-14-30(27(31)33)13-3-6-23-10-9-21-5-2-12-28-26(21)29-23/h7-10,18,24H,2-6,11-17H2,1H3,(H,28,29)/t24-/m0/s1. The smallest absolute Gasteiger partial charge is 0.320 e. The maximum atomic E-state index is 13.5. The summed E-state index contributed by atoms with van der Waals surface area (Å²) in [5.74, 6) is 2.00. The quantitative estimate of drug-likeness (QED) is 0.638. The Balaban J connectivity index is 1.24. The number of rotatable bonds is 8. The lowest BCUT2D eigenvalue weighted by atomic mass is 9.97. The number of benzene rings is 1. The number of carbonyl (C=O) groups is 2. The molecule has 1 N–H and O–H groups in total. The van der Waals surface area contributed by atoms with E-state index in [0.717, 1.165) is 74.4 Å². The van der Waals surface area contributed by atoms with Crippen molar-refractivity contribution < 1.29 is 14.3 Å². The minimum absolute atomic E-state index is 0.0268. The molecular formula is C27H34N4O3. The molecule has 0 radical (unpaired) electrons. The van der Waals surface area contributed by atoms with Gasteiger partial charge in [-0.3, -0.25) is 4.79 Å². The molecule has 1 fully saturated rings. The molecule has 0 saturated carbocycles. The van der Waals surface area contributed by atoms with E-state index < -0.39 is 0 Å². The number of pyridine rings is 1. The highest BCUT2D eigenvalue weighted by atomic mass is 16.5. The van der Waals surface area contributed by atoms with E-state index in [-0.39, 0.29) is 17.9 Å². The fraction of sp³-hybridized carbons (Fsp3) is 0.519. The molecule has 1 aromatic heterocycles. The van der Waals surface area contributed by atoms with Gasteiger partial charge in [-0.1, -0.05) is 18.2 Å². The van der Waals surface area contributed by atoms with Crippen molar-refractivity contribution in [2.45, 2.75) is 57.9 Å². The van der Waals surface area contributed by atoms with E-state index >= 15 is 0 Å². The van der Waals surface area contributed by atoms with Crippen LogP contribution in [0.2, 0.25) is 0 Å². The molecule has 4 heterocycles. The van der Waals surface area contributed by atoms with Crippen molar-refractivity contribution in [1.82, 2.24) is 14.8 Å². The molecule has 7 nitrogen and oxygen atoms in total. The van der Waals surface area contributed by atoms with Gasteiger partial charge in [0.1, 0.15) is 17.4 Å². The minimum Gasteiger partial charge on any atom is -0.493 e. The summed E-state index contributed by atoms with van der Waals surface area (Å²) in [5.41, 5.74) is 4.55. The number of amides is 2. The summed E-state index contributed by atoms with van der Waals surface area (Å²) in [4.78, 5) is 34.2. The molecule has 1 atom stereocenters. The second-order valence-corrected chi connectivity index (χ2v) is 9.65. The summed E-state index contributed by atoms with van der Waals surface area (Å²) in [6.45, 7) is 5.41. The molecule has 7 heteroatoms. The number of urea groups is 1. The molecule has 0 aliphatic carbocycles. The lowest BCUT2D eigenvalue weighted by Gasteiger charge is -2.40. The highest BCUT2D eigenvalue weighted by molar-refractivity contribution is 5.79. The van der Waals surface area contributed by atoms with Crippen molar-refractivity contribution in [1.29, 1.82) is 0 Å². The number of nitrogens with zero attached hydrogens (tertiary/aromatic N) is 3. The van der Waals surface area contributed by atoms with Gasteiger partial charge in [0, 0.05) is 44.7 Å². The first kappa shape index (κ1) is 22.7. The normalized spacial score (nSPS) is 18.1. The predicted molar refractivity (Wildman–Crippen MR) is 131 cm³/mol. The van der Waals surface area contributed by atoms with Gasteiger partial charge in [0.15, 0.2) is 0 Å². The van der Waals surface area contributed by atoms with Crippen LogP contribution in [0.3, 0.4) is 0 Å². The lowest BCUT2D eigenvalue weighted by molar-refractivity contribution is -0.118. The maximum Gasteiger partial charge on any atom is 0.320 e. The van der Waals surface area contributed by atoms with Crippen LogP contribution in [-0.4, -0.2) is 59.4 Å². The monoisotopic (exact) mass is 462 g/mol. The number of ketones is 1. The number of aryl methyl sites for hydroxylation is 2. The third-order valence-electron chi connectivity index (χ3n) is 7.12. The highest BCUT2D eigenvalue weighted by Crippen LogP contribution is 2.34. The number of hydrogen-bond acceptors (Lipinski definition) is 5. The van der Waals surface area contributed by atoms with E-state index in [4.69, 9.17) is 9.72 Å². The van der Waals surface area contributed by atoms with Gasteiger partial charge in [-0.2, -0.15) is 0 Å². The van der Waals surface area contributed by atoms with E-state index in [2.05, 4.69) is 29.6 Å². The average molecular weight is 463 g/mol. The Morgan fingerprint density at radius 2 is 2.03 bits per heavy atom. The Bertz CT molecular complexity index is 1070. The van der Waals surface area contributed by atoms with Crippen LogP contribution in [0.15, 0.2) is 30.3 Å². The number of ether oxygens (including phenoxy) is 1. The van der Waals surface area contributed by atoms with Crippen molar-refractivity contribution in [3.05, 3.63) is 52.7 Å². The third kappa shape index (κ3) is 4.88. The summed E-state index contributed by atoms with van der Waals surface area (Å²) < 4.78 is 5.75. The highest BCUT2D eigenvalue weighted by Gasteiger charge is 2.33. The Labute approximate surface area is 201 Å². The summed E-state index contributed by atoms with van der Waals surface area (Å²) in [7, 11) is 0. The van der Waals surface area contributed by atoms with Crippen LogP contribution in [0.1, 0.15) is 61.0 Å². The molecule has 2 aromatic rings. The van der Waals surface area contributed by atoms with Gasteiger partial charge in [0.05, 0.1) is 12.6 Å². The van der Waals surface area contributed by atoms with Crippen molar-refractivity contribution in [3.8, 4) is 5.75 Å². The van der Waals surface area contributed by atoms with Gasteiger partial charge >= 0.3 is 6.03 Å². The molecule has 3 aliphatic rings. The van der Waals surface area contributed by atoms with Gasteiger partial charge in [0.2, 0.25) is 0 Å². The zero-order chi connectivity index (χ0) is 23.5.